The van der Waals surface area contributed by atoms with E-state index < -0.39 is 59.2 Å². The van der Waals surface area contributed by atoms with E-state index in [0.29, 0.717) is 67.2 Å². The van der Waals surface area contributed by atoms with Gasteiger partial charge >= 0.3 is 17.9 Å². The minimum atomic E-state index is -1.15. The lowest BCUT2D eigenvalue weighted by molar-refractivity contribution is -0.136. The molecule has 0 saturated heterocycles. The largest absolute Gasteiger partial charge is 0.486 e. The third-order valence-corrected chi connectivity index (χ3v) is 11.9. The number of halogens is 6. The first-order valence-electron chi connectivity index (χ1n) is 23.7. The molecular weight excluding hydrogens is 1060 g/mol. The second-order valence-corrected chi connectivity index (χ2v) is 17.3. The standard InChI is InChI=1S/C30H20F3N3O3.C22H14F3NO3.C8H10N2O2.CH4/c1-38-30(37)21-7-9-26-27(12-21)36-29(35-26)14-20-5-4-18(11-25(20)33)19-6-8-23(31)28(13-19)39-16-22-3-2-17(15-34)10-24(22)32;23-18-6-5-15(14-3-4-16(10-22(27)28)20(25)8-14)9-21(18)29-12-17-2-1-13(11-26)7-19(17)24;1-12-8(11)5-2-3-6(9)7(10)4-5;/h2-13H,14,16H2,1H3,(H,35,36);1-9H,10,12H2,(H,27,28);2-4H,9-10H2,1H3;1H4. The van der Waals surface area contributed by atoms with Crippen LogP contribution in [-0.4, -0.2) is 47.2 Å². The maximum Gasteiger partial charge on any atom is 0.337 e. The molecular formula is C61H48F6N6O8. The molecule has 9 aromatic rings. The van der Waals surface area contributed by atoms with Crippen molar-refractivity contribution in [1.29, 1.82) is 10.5 Å². The first-order chi connectivity index (χ1) is 38.4. The van der Waals surface area contributed by atoms with Gasteiger partial charge in [-0.1, -0.05) is 56.0 Å². The monoisotopic (exact) mass is 1110 g/mol. The highest BCUT2D eigenvalue weighted by Gasteiger charge is 2.16. The van der Waals surface area contributed by atoms with Crippen molar-refractivity contribution >= 4 is 40.3 Å². The summed E-state index contributed by atoms with van der Waals surface area (Å²) in [7, 11) is 2.62. The zero-order valence-corrected chi connectivity index (χ0v) is 42.3. The van der Waals surface area contributed by atoms with Crippen LogP contribution in [-0.2, 0) is 40.3 Å². The first-order valence-corrected chi connectivity index (χ1v) is 23.7. The number of aromatic amines is 1. The molecule has 0 spiro atoms. The van der Waals surface area contributed by atoms with E-state index in [-0.39, 0.29) is 66.4 Å². The molecule has 9 rings (SSSR count). The summed E-state index contributed by atoms with van der Waals surface area (Å²) in [5.41, 5.74) is 16.8. The topological polar surface area (TPSA) is 237 Å². The van der Waals surface area contributed by atoms with Crippen LogP contribution in [0.25, 0.3) is 33.3 Å². The number of nitrogens with two attached hydrogens (primary N) is 2. The van der Waals surface area contributed by atoms with E-state index in [2.05, 4.69) is 14.7 Å². The smallest absolute Gasteiger partial charge is 0.337 e. The molecule has 0 saturated carbocycles. The lowest BCUT2D eigenvalue weighted by Crippen LogP contribution is -2.03. The van der Waals surface area contributed by atoms with Gasteiger partial charge in [0.15, 0.2) is 23.1 Å². The van der Waals surface area contributed by atoms with Gasteiger partial charge in [-0.3, -0.25) is 4.79 Å². The summed E-state index contributed by atoms with van der Waals surface area (Å²) in [6.07, 6.45) is -0.262. The van der Waals surface area contributed by atoms with Crippen molar-refractivity contribution in [3.05, 3.63) is 231 Å². The van der Waals surface area contributed by atoms with Crippen LogP contribution in [0.4, 0.5) is 37.7 Å². The van der Waals surface area contributed by atoms with Crippen LogP contribution >= 0.6 is 0 Å². The number of anilines is 2. The summed E-state index contributed by atoms with van der Waals surface area (Å²) >= 11 is 0. The Balaban J connectivity index is 0.000000220. The molecule has 412 valence electrons. The molecule has 6 N–H and O–H groups in total. The Morgan fingerprint density at radius 1 is 0.531 bits per heavy atom. The van der Waals surface area contributed by atoms with Gasteiger partial charge < -0.3 is 40.5 Å². The number of ether oxygens (including phenoxy) is 4. The van der Waals surface area contributed by atoms with Crippen molar-refractivity contribution in [2.24, 2.45) is 0 Å². The number of aromatic nitrogens is 2. The molecule has 14 nitrogen and oxygen atoms in total. The summed E-state index contributed by atoms with van der Waals surface area (Å²) in [5, 5.41) is 26.4. The number of aliphatic carboxylic acids is 1. The van der Waals surface area contributed by atoms with Crippen LogP contribution in [0.15, 0.2) is 146 Å². The number of hydrogen-bond acceptors (Lipinski definition) is 12. The highest BCUT2D eigenvalue weighted by Crippen LogP contribution is 2.31. The van der Waals surface area contributed by atoms with Crippen LogP contribution < -0.4 is 20.9 Å². The Morgan fingerprint density at radius 2 is 0.975 bits per heavy atom. The van der Waals surface area contributed by atoms with Gasteiger partial charge in [-0.25, -0.2) is 40.9 Å². The van der Waals surface area contributed by atoms with Crippen LogP contribution in [0.2, 0.25) is 0 Å². The normalized spacial score (nSPS) is 10.3. The van der Waals surface area contributed by atoms with Gasteiger partial charge in [-0.2, -0.15) is 10.5 Å². The number of methoxy groups -OCH3 is 2. The van der Waals surface area contributed by atoms with Crippen molar-refractivity contribution in [2.75, 3.05) is 25.7 Å². The summed E-state index contributed by atoms with van der Waals surface area (Å²) in [4.78, 5) is 41.0. The second-order valence-electron chi connectivity index (χ2n) is 17.3. The van der Waals surface area contributed by atoms with E-state index in [1.165, 1.54) is 93.1 Å². The molecule has 1 aromatic heterocycles. The zero-order chi connectivity index (χ0) is 57.6. The summed E-state index contributed by atoms with van der Waals surface area (Å²) in [6.45, 7) is -0.506. The SMILES string of the molecule is C.COC(=O)c1ccc(N)c(N)c1.COC(=O)c1ccc2nc(Cc3ccc(-c4ccc(F)c(OCc5ccc(C#N)cc5F)c4)cc3F)[nH]c2c1.N#Cc1ccc(COc2cc(-c3ccc(CC(=O)O)c(F)c3)ccc2F)c(F)c1. The Labute approximate surface area is 460 Å². The fourth-order valence-electron chi connectivity index (χ4n) is 7.66. The van der Waals surface area contributed by atoms with Gasteiger partial charge in [0, 0.05) is 17.5 Å². The fraction of sp³-hybridized carbons (Fsp3) is 0.115. The van der Waals surface area contributed by atoms with Crippen LogP contribution in [0, 0.1) is 57.6 Å². The van der Waals surface area contributed by atoms with Crippen molar-refractivity contribution in [3.63, 3.8) is 0 Å². The number of carboxylic acid groups (broad SMARTS) is 1. The number of hydrogen-bond donors (Lipinski definition) is 4. The number of esters is 2. The maximum absolute atomic E-state index is 15.1. The molecule has 0 unspecified atom stereocenters. The molecule has 0 amide bonds. The van der Waals surface area contributed by atoms with E-state index in [1.54, 1.807) is 42.5 Å². The van der Waals surface area contributed by atoms with Gasteiger partial charge in [-0.15, -0.1) is 0 Å². The van der Waals surface area contributed by atoms with E-state index >= 15 is 4.39 Å². The van der Waals surface area contributed by atoms with Gasteiger partial charge in [0.05, 0.1) is 77.4 Å². The second kappa shape index (κ2) is 27.1. The number of imidazole rings is 1. The molecule has 8 aromatic carbocycles. The van der Waals surface area contributed by atoms with Gasteiger partial charge in [0.25, 0.3) is 0 Å². The third-order valence-electron chi connectivity index (χ3n) is 11.9. The zero-order valence-electron chi connectivity index (χ0n) is 42.3. The van der Waals surface area contributed by atoms with Gasteiger partial charge in [0.2, 0.25) is 0 Å². The quantitative estimate of drug-likeness (QED) is 0.0451. The van der Waals surface area contributed by atoms with Crippen LogP contribution in [0.3, 0.4) is 0 Å². The maximum atomic E-state index is 15.1. The molecule has 20 heteroatoms. The Kier molecular flexibility index (Phi) is 20.0. The predicted molar refractivity (Wildman–Crippen MR) is 289 cm³/mol. The first kappa shape index (κ1) is 59.6. The molecule has 0 bridgehead atoms. The Hall–Kier alpha value is -10.6. The minimum Gasteiger partial charge on any atom is -0.486 e. The summed E-state index contributed by atoms with van der Waals surface area (Å²) < 4.78 is 106. The van der Waals surface area contributed by atoms with Crippen molar-refractivity contribution < 1.29 is 64.8 Å². The number of carboxylic acids is 1. The lowest BCUT2D eigenvalue weighted by atomic mass is 10.0. The average Bonchev–Trinajstić information content (AvgIpc) is 3.90. The average molecular weight is 1110 g/mol. The van der Waals surface area contributed by atoms with Gasteiger partial charge in [0.1, 0.15) is 42.3 Å². The highest BCUT2D eigenvalue weighted by atomic mass is 19.1. The van der Waals surface area contributed by atoms with Crippen LogP contribution in [0.5, 0.6) is 11.5 Å². The molecule has 0 aliphatic heterocycles. The predicted octanol–water partition coefficient (Wildman–Crippen LogP) is 12.6. The third kappa shape index (κ3) is 15.3. The molecule has 0 atom stereocenters. The molecule has 0 aliphatic carbocycles. The molecule has 0 fully saturated rings. The number of carbonyl (C=O) groups excluding carboxylic acids is 2. The van der Waals surface area contributed by atoms with E-state index in [4.69, 9.17) is 41.3 Å². The summed E-state index contributed by atoms with van der Waals surface area (Å²) in [5.74, 6) is -5.53. The van der Waals surface area contributed by atoms with E-state index in [9.17, 15) is 36.3 Å². The number of benzene rings is 8. The Morgan fingerprint density at radius 3 is 1.43 bits per heavy atom. The van der Waals surface area contributed by atoms with Crippen molar-refractivity contribution in [3.8, 4) is 45.9 Å². The lowest BCUT2D eigenvalue weighted by Gasteiger charge is -2.11. The number of nitrogens with zero attached hydrogens (tertiary/aromatic N) is 3. The molecule has 0 aliphatic rings. The highest BCUT2D eigenvalue weighted by molar-refractivity contribution is 5.93. The van der Waals surface area contributed by atoms with Crippen LogP contribution in [0.1, 0.15) is 67.3 Å². The number of rotatable bonds is 14. The van der Waals surface area contributed by atoms with Crippen molar-refractivity contribution in [1.82, 2.24) is 9.97 Å². The molecule has 81 heavy (non-hydrogen) atoms. The number of fused-ring (bicyclic) bond motifs is 1. The summed E-state index contributed by atoms with van der Waals surface area (Å²) in [6, 6.07) is 37.8. The molecule has 0 radical (unpaired) electrons. The number of H-pyrrole nitrogens is 1. The number of nitrogen functional groups attached to an aromatic ring is 2. The number of carbonyl (C=O) groups is 3. The van der Waals surface area contributed by atoms with E-state index in [0.717, 1.165) is 24.3 Å². The minimum absolute atomic E-state index is 0. The Bertz CT molecular complexity index is 3900. The van der Waals surface area contributed by atoms with E-state index in [1.807, 2.05) is 12.1 Å². The fourth-order valence-corrected chi connectivity index (χ4v) is 7.66. The van der Waals surface area contributed by atoms with Gasteiger partial charge in [-0.05, 0) is 130 Å². The number of nitrogens with one attached hydrogen (secondary N) is 1. The van der Waals surface area contributed by atoms with Crippen molar-refractivity contribution in [2.45, 2.75) is 33.5 Å². The molecule has 1 heterocycles. The number of nitriles is 2.